The van der Waals surface area contributed by atoms with Gasteiger partial charge in [0.25, 0.3) is 5.91 Å². The zero-order chi connectivity index (χ0) is 18.8. The van der Waals surface area contributed by atoms with Crippen molar-refractivity contribution in [1.29, 1.82) is 0 Å². The van der Waals surface area contributed by atoms with Crippen molar-refractivity contribution < 1.29 is 13.9 Å². The summed E-state index contributed by atoms with van der Waals surface area (Å²) < 4.78 is 10.9. The summed E-state index contributed by atoms with van der Waals surface area (Å²) in [6.07, 6.45) is -0.705. The number of carbonyl (C=O) groups is 1. The topological polar surface area (TPSA) is 68.5 Å². The average Bonchev–Trinajstić information content (AvgIpc) is 2.57. The van der Waals surface area contributed by atoms with E-state index < -0.39 is 11.7 Å². The third-order valence-corrected chi connectivity index (χ3v) is 4.26. The first-order valence-corrected chi connectivity index (χ1v) is 8.43. The molecule has 0 fully saturated rings. The van der Waals surface area contributed by atoms with Crippen molar-refractivity contribution in [3.05, 3.63) is 69.6 Å². The number of rotatable bonds is 4. The van der Waals surface area contributed by atoms with Gasteiger partial charge in [0, 0.05) is 23.2 Å². The molecule has 0 bridgehead atoms. The van der Waals surface area contributed by atoms with Gasteiger partial charge in [-0.2, -0.15) is 0 Å². The minimum atomic E-state index is -0.705. The molecule has 3 rings (SSSR count). The maximum Gasteiger partial charge on any atom is 0.336 e. The molecule has 0 aliphatic rings. The molecule has 5 nitrogen and oxygen atoms in total. The number of nitrogens with one attached hydrogen (secondary N) is 1. The van der Waals surface area contributed by atoms with Crippen LogP contribution >= 0.6 is 0 Å². The number of benzene rings is 2. The van der Waals surface area contributed by atoms with Gasteiger partial charge in [0.2, 0.25) is 0 Å². The van der Waals surface area contributed by atoms with E-state index in [2.05, 4.69) is 5.32 Å². The van der Waals surface area contributed by atoms with Gasteiger partial charge in [0.05, 0.1) is 0 Å². The zero-order valence-corrected chi connectivity index (χ0v) is 15.3. The van der Waals surface area contributed by atoms with Gasteiger partial charge < -0.3 is 14.5 Å². The van der Waals surface area contributed by atoms with Crippen molar-refractivity contribution in [2.75, 3.05) is 5.32 Å². The molecule has 5 heteroatoms. The monoisotopic (exact) mass is 351 g/mol. The van der Waals surface area contributed by atoms with E-state index in [0.29, 0.717) is 11.3 Å². The summed E-state index contributed by atoms with van der Waals surface area (Å²) in [7, 11) is 0. The fourth-order valence-electron chi connectivity index (χ4n) is 2.74. The fraction of sp³-hybridized carbons (Fsp3) is 0.238. The highest BCUT2D eigenvalue weighted by atomic mass is 16.5. The number of carbonyl (C=O) groups excluding carboxylic acids is 1. The Balaban J connectivity index is 1.77. The smallest absolute Gasteiger partial charge is 0.336 e. The Morgan fingerprint density at radius 2 is 1.81 bits per heavy atom. The first-order valence-electron chi connectivity index (χ1n) is 8.43. The number of ether oxygens (including phenoxy) is 1. The minimum Gasteiger partial charge on any atom is -0.481 e. The van der Waals surface area contributed by atoms with Crippen LogP contribution < -0.4 is 15.7 Å². The van der Waals surface area contributed by atoms with Gasteiger partial charge in [-0.15, -0.1) is 0 Å². The number of aryl methyl sites for hydroxylation is 3. The van der Waals surface area contributed by atoms with Crippen LogP contribution in [-0.4, -0.2) is 12.0 Å². The largest absolute Gasteiger partial charge is 0.481 e. The van der Waals surface area contributed by atoms with Crippen molar-refractivity contribution in [2.45, 2.75) is 33.8 Å². The number of hydrogen-bond donors (Lipinski definition) is 1. The lowest BCUT2D eigenvalue weighted by Gasteiger charge is -2.16. The predicted octanol–water partition coefficient (Wildman–Crippen LogP) is 4.12. The summed E-state index contributed by atoms with van der Waals surface area (Å²) in [5.74, 6) is 0.222. The molecule has 1 N–H and O–H groups in total. The van der Waals surface area contributed by atoms with Crippen LogP contribution in [0, 0.1) is 20.8 Å². The number of anilines is 1. The third kappa shape index (κ3) is 3.77. The molecular weight excluding hydrogens is 330 g/mol. The van der Waals surface area contributed by atoms with Gasteiger partial charge in [-0.1, -0.05) is 12.1 Å². The molecule has 0 saturated carbocycles. The molecule has 2 aromatic carbocycles. The SMILES string of the molecule is Cc1ccc(C)c(NC(=O)C(C)Oc2ccc3c(C)cc(=O)oc3c2)c1. The van der Waals surface area contributed by atoms with E-state index in [9.17, 15) is 9.59 Å². The molecule has 0 saturated heterocycles. The maximum atomic E-state index is 12.4. The Labute approximate surface area is 151 Å². The molecule has 134 valence electrons. The standard InChI is InChI=1S/C21H21NO4/c1-12-5-6-13(2)18(9-12)22-21(24)15(4)25-16-7-8-17-14(3)10-20(23)26-19(17)11-16/h5-11,15H,1-4H3,(H,22,24). The molecule has 0 spiro atoms. The van der Waals surface area contributed by atoms with Crippen LogP contribution in [0.5, 0.6) is 5.75 Å². The molecule has 1 heterocycles. The van der Waals surface area contributed by atoms with Crippen molar-refractivity contribution in [2.24, 2.45) is 0 Å². The zero-order valence-electron chi connectivity index (χ0n) is 15.3. The third-order valence-electron chi connectivity index (χ3n) is 4.26. The first-order chi connectivity index (χ1) is 12.3. The summed E-state index contributed by atoms with van der Waals surface area (Å²) in [6.45, 7) is 7.44. The van der Waals surface area contributed by atoms with E-state index in [4.69, 9.17) is 9.15 Å². The van der Waals surface area contributed by atoms with E-state index in [1.165, 1.54) is 6.07 Å². The Morgan fingerprint density at radius 1 is 1.04 bits per heavy atom. The molecule has 0 aliphatic heterocycles. The van der Waals surface area contributed by atoms with Crippen molar-refractivity contribution in [1.82, 2.24) is 0 Å². The molecule has 1 atom stereocenters. The predicted molar refractivity (Wildman–Crippen MR) is 102 cm³/mol. The summed E-state index contributed by atoms with van der Waals surface area (Å²) in [4.78, 5) is 24.0. The van der Waals surface area contributed by atoms with Gasteiger partial charge in [0.15, 0.2) is 6.10 Å². The molecule has 0 radical (unpaired) electrons. The molecule has 1 aromatic heterocycles. The van der Waals surface area contributed by atoms with Crippen LogP contribution in [0.2, 0.25) is 0 Å². The Kier molecular flexibility index (Phi) is 4.80. The molecule has 1 unspecified atom stereocenters. The molecule has 26 heavy (non-hydrogen) atoms. The highest BCUT2D eigenvalue weighted by Crippen LogP contribution is 2.23. The Hall–Kier alpha value is -3.08. The van der Waals surface area contributed by atoms with Crippen molar-refractivity contribution in [3.8, 4) is 5.75 Å². The minimum absolute atomic E-state index is 0.246. The van der Waals surface area contributed by atoms with Crippen LogP contribution in [0.15, 0.2) is 51.7 Å². The van der Waals surface area contributed by atoms with Gasteiger partial charge >= 0.3 is 5.63 Å². The maximum absolute atomic E-state index is 12.4. The summed E-state index contributed by atoms with van der Waals surface area (Å²) in [6, 6.07) is 12.5. The average molecular weight is 351 g/mol. The van der Waals surface area contributed by atoms with Crippen molar-refractivity contribution in [3.63, 3.8) is 0 Å². The lowest BCUT2D eigenvalue weighted by atomic mass is 10.1. The van der Waals surface area contributed by atoms with E-state index in [1.54, 1.807) is 19.1 Å². The number of fused-ring (bicyclic) bond motifs is 1. The van der Waals surface area contributed by atoms with Crippen LogP contribution in [0.1, 0.15) is 23.6 Å². The second-order valence-electron chi connectivity index (χ2n) is 6.47. The van der Waals surface area contributed by atoms with Crippen LogP contribution in [-0.2, 0) is 4.79 Å². The summed E-state index contributed by atoms with van der Waals surface area (Å²) in [5, 5.41) is 3.73. The quantitative estimate of drug-likeness (QED) is 0.718. The summed E-state index contributed by atoms with van der Waals surface area (Å²) in [5.41, 5.74) is 3.69. The second-order valence-corrected chi connectivity index (χ2v) is 6.47. The van der Waals surface area contributed by atoms with Crippen LogP contribution in [0.3, 0.4) is 0 Å². The van der Waals surface area contributed by atoms with E-state index in [0.717, 1.165) is 27.8 Å². The molecular formula is C21H21NO4. The lowest BCUT2D eigenvalue weighted by Crippen LogP contribution is -2.30. The van der Waals surface area contributed by atoms with Gasteiger partial charge in [-0.05, 0) is 62.6 Å². The highest BCUT2D eigenvalue weighted by Gasteiger charge is 2.16. The lowest BCUT2D eigenvalue weighted by molar-refractivity contribution is -0.122. The van der Waals surface area contributed by atoms with E-state index >= 15 is 0 Å². The Morgan fingerprint density at radius 3 is 2.58 bits per heavy atom. The van der Waals surface area contributed by atoms with Crippen LogP contribution in [0.25, 0.3) is 11.0 Å². The van der Waals surface area contributed by atoms with E-state index in [1.807, 2.05) is 45.0 Å². The number of amides is 1. The normalized spacial score (nSPS) is 12.0. The van der Waals surface area contributed by atoms with Gasteiger partial charge in [-0.25, -0.2) is 4.79 Å². The van der Waals surface area contributed by atoms with Gasteiger partial charge in [0.1, 0.15) is 11.3 Å². The van der Waals surface area contributed by atoms with Crippen molar-refractivity contribution >= 4 is 22.6 Å². The number of hydrogen-bond acceptors (Lipinski definition) is 4. The Bertz CT molecular complexity index is 1040. The van der Waals surface area contributed by atoms with Crippen LogP contribution in [0.4, 0.5) is 5.69 Å². The highest BCUT2D eigenvalue weighted by molar-refractivity contribution is 5.95. The fourth-order valence-corrected chi connectivity index (χ4v) is 2.74. The molecule has 3 aromatic rings. The van der Waals surface area contributed by atoms with E-state index in [-0.39, 0.29) is 5.91 Å². The second kappa shape index (κ2) is 7.04. The molecule has 1 amide bonds. The molecule has 0 aliphatic carbocycles. The van der Waals surface area contributed by atoms with Gasteiger partial charge in [-0.3, -0.25) is 4.79 Å². The first kappa shape index (κ1) is 17.7. The summed E-state index contributed by atoms with van der Waals surface area (Å²) >= 11 is 0.